The van der Waals surface area contributed by atoms with Crippen molar-refractivity contribution in [3.8, 4) is 0 Å². The van der Waals surface area contributed by atoms with Crippen molar-refractivity contribution in [2.45, 2.75) is 23.6 Å². The van der Waals surface area contributed by atoms with Crippen molar-refractivity contribution < 1.29 is 18.0 Å². The Hall–Kier alpha value is -2.68. The first-order valence-corrected chi connectivity index (χ1v) is 12.2. The number of amides is 2. The third-order valence-electron chi connectivity index (χ3n) is 4.61. The van der Waals surface area contributed by atoms with Gasteiger partial charge in [-0.2, -0.15) is 0 Å². The van der Waals surface area contributed by atoms with Crippen LogP contribution in [0.2, 0.25) is 5.02 Å². The van der Waals surface area contributed by atoms with Crippen LogP contribution in [0, 0.1) is 6.92 Å². The van der Waals surface area contributed by atoms with Crippen LogP contribution in [0.1, 0.15) is 21.3 Å². The van der Waals surface area contributed by atoms with Gasteiger partial charge >= 0.3 is 11.8 Å². The molecule has 0 aliphatic rings. The van der Waals surface area contributed by atoms with Crippen molar-refractivity contribution in [2.24, 2.45) is 0 Å². The summed E-state index contributed by atoms with van der Waals surface area (Å²) in [6.45, 7) is 1.80. The molecule has 9 heteroatoms. The molecular formula is C22H21ClN2O4S2. The number of nitrogens with one attached hydrogen (secondary N) is 2. The van der Waals surface area contributed by atoms with Crippen LogP contribution in [0.5, 0.6) is 0 Å². The molecule has 2 amide bonds. The van der Waals surface area contributed by atoms with E-state index in [2.05, 4.69) is 10.6 Å². The summed E-state index contributed by atoms with van der Waals surface area (Å²) in [7, 11) is -3.77. The number of rotatable bonds is 7. The molecule has 162 valence electrons. The second-order valence-corrected chi connectivity index (χ2v) is 10.4. The molecule has 0 fully saturated rings. The Morgan fingerprint density at radius 3 is 2.23 bits per heavy atom. The van der Waals surface area contributed by atoms with Crippen LogP contribution in [-0.2, 0) is 26.0 Å². The number of hydrogen-bond donors (Lipinski definition) is 2. The van der Waals surface area contributed by atoms with Crippen molar-refractivity contribution in [3.05, 3.63) is 87.1 Å². The molecule has 1 heterocycles. The highest BCUT2D eigenvalue weighted by atomic mass is 35.5. The maximum atomic E-state index is 13.2. The first-order chi connectivity index (χ1) is 14.8. The molecule has 0 saturated carbocycles. The van der Waals surface area contributed by atoms with E-state index in [1.54, 1.807) is 66.0 Å². The quantitative estimate of drug-likeness (QED) is 0.509. The average Bonchev–Trinajstić information content (AvgIpc) is 3.27. The maximum absolute atomic E-state index is 13.2. The first-order valence-electron chi connectivity index (χ1n) is 9.42. The van der Waals surface area contributed by atoms with Gasteiger partial charge in [-0.3, -0.25) is 9.59 Å². The third kappa shape index (κ3) is 5.94. The van der Waals surface area contributed by atoms with Crippen LogP contribution in [0.3, 0.4) is 0 Å². The molecule has 2 aromatic carbocycles. The highest BCUT2D eigenvalue weighted by Crippen LogP contribution is 2.31. The molecule has 0 bridgehead atoms. The zero-order chi connectivity index (χ0) is 22.4. The van der Waals surface area contributed by atoms with Gasteiger partial charge in [0.2, 0.25) is 0 Å². The van der Waals surface area contributed by atoms with E-state index in [9.17, 15) is 18.0 Å². The van der Waals surface area contributed by atoms with Gasteiger partial charge in [-0.25, -0.2) is 8.42 Å². The Morgan fingerprint density at radius 2 is 1.61 bits per heavy atom. The molecule has 1 aromatic heterocycles. The third-order valence-corrected chi connectivity index (χ3v) is 8.09. The van der Waals surface area contributed by atoms with Gasteiger partial charge in [0.1, 0.15) is 5.25 Å². The number of hydrogen-bond acceptors (Lipinski definition) is 5. The number of halogens is 1. The lowest BCUT2D eigenvalue weighted by Gasteiger charge is -2.17. The van der Waals surface area contributed by atoms with Gasteiger partial charge in [-0.15, -0.1) is 11.3 Å². The zero-order valence-electron chi connectivity index (χ0n) is 16.7. The minimum Gasteiger partial charge on any atom is -0.346 e. The number of thiophene rings is 1. The fourth-order valence-electron chi connectivity index (χ4n) is 2.86. The number of carbonyl (C=O) groups excluding carboxylic acids is 2. The standard InChI is InChI=1S/C22H21ClN2O4S2/c1-15-4-10-18(11-5-15)31(28,29)20(19-3-2-12-30-19)14-25-22(27)21(26)24-13-16-6-8-17(23)9-7-16/h2-12,20H,13-14H2,1H3,(H,24,26)(H,25,27). The Kier molecular flexibility index (Phi) is 7.48. The van der Waals surface area contributed by atoms with Gasteiger partial charge < -0.3 is 10.6 Å². The van der Waals surface area contributed by atoms with E-state index in [-0.39, 0.29) is 18.0 Å². The van der Waals surface area contributed by atoms with Gasteiger partial charge in [-0.05, 0) is 48.2 Å². The van der Waals surface area contributed by atoms with Gasteiger partial charge in [0, 0.05) is 23.0 Å². The van der Waals surface area contributed by atoms with Gasteiger partial charge in [0.15, 0.2) is 9.84 Å². The molecule has 0 radical (unpaired) electrons. The molecule has 3 aromatic rings. The van der Waals surface area contributed by atoms with Crippen LogP contribution in [0.4, 0.5) is 0 Å². The van der Waals surface area contributed by atoms with Crippen molar-refractivity contribution in [1.29, 1.82) is 0 Å². The summed E-state index contributed by atoms with van der Waals surface area (Å²) in [6.07, 6.45) is 0. The summed E-state index contributed by atoms with van der Waals surface area (Å²) >= 11 is 7.11. The molecule has 0 saturated heterocycles. The van der Waals surface area contributed by atoms with E-state index >= 15 is 0 Å². The van der Waals surface area contributed by atoms with Crippen molar-refractivity contribution in [2.75, 3.05) is 6.54 Å². The summed E-state index contributed by atoms with van der Waals surface area (Å²) in [5.74, 6) is -1.73. The molecule has 3 rings (SSSR count). The van der Waals surface area contributed by atoms with Crippen LogP contribution >= 0.6 is 22.9 Å². The molecule has 31 heavy (non-hydrogen) atoms. The largest absolute Gasteiger partial charge is 0.346 e. The lowest BCUT2D eigenvalue weighted by atomic mass is 10.2. The predicted molar refractivity (Wildman–Crippen MR) is 122 cm³/mol. The average molecular weight is 477 g/mol. The summed E-state index contributed by atoms with van der Waals surface area (Å²) < 4.78 is 26.4. The maximum Gasteiger partial charge on any atom is 0.309 e. The highest BCUT2D eigenvalue weighted by molar-refractivity contribution is 7.91. The molecule has 0 aliphatic carbocycles. The summed E-state index contributed by atoms with van der Waals surface area (Å²) in [4.78, 5) is 25.2. The molecule has 1 atom stereocenters. The first kappa shape index (κ1) is 23.0. The van der Waals surface area contributed by atoms with Crippen molar-refractivity contribution >= 4 is 44.6 Å². The predicted octanol–water partition coefficient (Wildman–Crippen LogP) is 3.66. The van der Waals surface area contributed by atoms with Gasteiger partial charge in [0.25, 0.3) is 0 Å². The van der Waals surface area contributed by atoms with Gasteiger partial charge in [-0.1, -0.05) is 47.5 Å². The summed E-state index contributed by atoms with van der Waals surface area (Å²) in [5.41, 5.74) is 1.72. The lowest BCUT2D eigenvalue weighted by molar-refractivity contribution is -0.139. The molecule has 0 aliphatic heterocycles. The molecule has 2 N–H and O–H groups in total. The summed E-state index contributed by atoms with van der Waals surface area (Å²) in [5, 5.41) is 6.32. The Labute approximate surface area is 190 Å². The van der Waals surface area contributed by atoms with Crippen LogP contribution < -0.4 is 10.6 Å². The molecular weight excluding hydrogens is 456 g/mol. The fraction of sp³-hybridized carbons (Fsp3) is 0.182. The Bertz CT molecular complexity index is 1140. The monoisotopic (exact) mass is 476 g/mol. The van der Waals surface area contributed by atoms with E-state index in [1.165, 1.54) is 11.3 Å². The molecule has 1 unspecified atom stereocenters. The Balaban J connectivity index is 1.68. The van der Waals surface area contributed by atoms with E-state index in [0.717, 1.165) is 11.1 Å². The molecule has 0 spiro atoms. The smallest absolute Gasteiger partial charge is 0.309 e. The van der Waals surface area contributed by atoms with E-state index in [4.69, 9.17) is 11.6 Å². The van der Waals surface area contributed by atoms with E-state index in [0.29, 0.717) is 9.90 Å². The van der Waals surface area contributed by atoms with Crippen molar-refractivity contribution in [1.82, 2.24) is 10.6 Å². The zero-order valence-corrected chi connectivity index (χ0v) is 19.1. The topological polar surface area (TPSA) is 92.3 Å². The minimum absolute atomic E-state index is 0.152. The number of benzene rings is 2. The van der Waals surface area contributed by atoms with Crippen LogP contribution in [0.25, 0.3) is 0 Å². The molecule has 6 nitrogen and oxygen atoms in total. The fourth-order valence-corrected chi connectivity index (χ4v) is 5.77. The SMILES string of the molecule is Cc1ccc(S(=O)(=O)C(CNC(=O)C(=O)NCc2ccc(Cl)cc2)c2cccs2)cc1. The lowest BCUT2D eigenvalue weighted by Crippen LogP contribution is -2.42. The van der Waals surface area contributed by atoms with Crippen LogP contribution in [-0.4, -0.2) is 26.8 Å². The van der Waals surface area contributed by atoms with E-state index in [1.807, 2.05) is 6.92 Å². The second kappa shape index (κ2) is 10.1. The summed E-state index contributed by atoms with van der Waals surface area (Å²) in [6, 6.07) is 16.8. The minimum atomic E-state index is -3.77. The van der Waals surface area contributed by atoms with E-state index < -0.39 is 26.9 Å². The van der Waals surface area contributed by atoms with Crippen LogP contribution in [0.15, 0.2) is 70.9 Å². The number of aryl methyl sites for hydroxylation is 1. The Morgan fingerprint density at radius 1 is 0.968 bits per heavy atom. The number of carbonyl (C=O) groups is 2. The second-order valence-electron chi connectivity index (χ2n) is 6.88. The normalized spacial score (nSPS) is 12.2. The highest BCUT2D eigenvalue weighted by Gasteiger charge is 2.31. The number of sulfone groups is 1. The van der Waals surface area contributed by atoms with Crippen molar-refractivity contribution in [3.63, 3.8) is 0 Å². The van der Waals surface area contributed by atoms with Gasteiger partial charge in [0.05, 0.1) is 4.90 Å².